The van der Waals surface area contributed by atoms with E-state index >= 15 is 0 Å². The number of amides is 1. The first-order valence-electron chi connectivity index (χ1n) is 11.6. The van der Waals surface area contributed by atoms with E-state index in [1.54, 1.807) is 18.1 Å². The lowest BCUT2D eigenvalue weighted by Gasteiger charge is -2.29. The minimum atomic E-state index is -0.109. The molecule has 0 spiro atoms. The Balaban J connectivity index is 1.42. The van der Waals surface area contributed by atoms with Gasteiger partial charge in [-0.15, -0.1) is 0 Å². The topological polar surface area (TPSA) is 64.1 Å². The van der Waals surface area contributed by atoms with Crippen LogP contribution in [0.25, 0.3) is 10.2 Å². The molecule has 0 saturated carbocycles. The van der Waals surface area contributed by atoms with E-state index in [9.17, 15) is 4.79 Å². The van der Waals surface area contributed by atoms with E-state index in [1.807, 2.05) is 66.7 Å². The fourth-order valence-electron chi connectivity index (χ4n) is 3.96. The molecule has 1 amide bonds. The van der Waals surface area contributed by atoms with Crippen molar-refractivity contribution in [1.29, 1.82) is 0 Å². The number of para-hydroxylation sites is 1. The Morgan fingerprint density at radius 2 is 1.80 bits per heavy atom. The highest BCUT2D eigenvalue weighted by molar-refractivity contribution is 7.22. The van der Waals surface area contributed by atoms with Gasteiger partial charge in [0.15, 0.2) is 5.13 Å². The number of hydrogen-bond donors (Lipinski definition) is 0. The number of rotatable bonds is 8. The van der Waals surface area contributed by atoms with E-state index in [4.69, 9.17) is 19.2 Å². The number of anilines is 1. The molecule has 0 bridgehead atoms. The molecule has 1 fully saturated rings. The molecule has 0 aliphatic carbocycles. The molecular formula is C27H27N3O4S. The van der Waals surface area contributed by atoms with Gasteiger partial charge in [-0.1, -0.05) is 35.6 Å². The van der Waals surface area contributed by atoms with Crippen LogP contribution in [-0.4, -0.2) is 62.3 Å². The largest absolute Gasteiger partial charge is 0.497 e. The molecule has 1 aliphatic heterocycles. The molecule has 2 heterocycles. The van der Waals surface area contributed by atoms with Crippen molar-refractivity contribution < 1.29 is 19.0 Å². The third-order valence-electron chi connectivity index (χ3n) is 5.86. The van der Waals surface area contributed by atoms with Gasteiger partial charge in [-0.05, 0) is 48.5 Å². The molecule has 0 N–H and O–H groups in total. The number of benzene rings is 3. The molecule has 1 saturated heterocycles. The van der Waals surface area contributed by atoms with Crippen molar-refractivity contribution in [2.45, 2.75) is 0 Å². The average molecular weight is 490 g/mol. The molecule has 4 aromatic rings. The van der Waals surface area contributed by atoms with Gasteiger partial charge < -0.3 is 14.2 Å². The molecule has 3 aromatic carbocycles. The highest BCUT2D eigenvalue weighted by atomic mass is 32.1. The third-order valence-corrected chi connectivity index (χ3v) is 6.90. The van der Waals surface area contributed by atoms with Gasteiger partial charge in [0.1, 0.15) is 17.2 Å². The lowest BCUT2D eigenvalue weighted by Crippen LogP contribution is -2.43. The summed E-state index contributed by atoms with van der Waals surface area (Å²) in [5.74, 6) is 2.00. The van der Waals surface area contributed by atoms with Gasteiger partial charge in [0, 0.05) is 31.7 Å². The van der Waals surface area contributed by atoms with E-state index in [0.29, 0.717) is 36.2 Å². The maximum absolute atomic E-state index is 13.8. The van der Waals surface area contributed by atoms with Crippen LogP contribution in [0.3, 0.4) is 0 Å². The molecule has 0 atom stereocenters. The third kappa shape index (κ3) is 5.62. The zero-order valence-electron chi connectivity index (χ0n) is 19.6. The number of hydrogen-bond acceptors (Lipinski definition) is 7. The normalized spacial score (nSPS) is 14.1. The second kappa shape index (κ2) is 10.9. The second-order valence-corrected chi connectivity index (χ2v) is 9.19. The van der Waals surface area contributed by atoms with Gasteiger partial charge >= 0.3 is 0 Å². The predicted octanol–water partition coefficient (Wildman–Crippen LogP) is 5.08. The minimum Gasteiger partial charge on any atom is -0.497 e. The number of carbonyl (C=O) groups excluding carboxylic acids is 1. The Morgan fingerprint density at radius 1 is 1.00 bits per heavy atom. The summed E-state index contributed by atoms with van der Waals surface area (Å²) in [5.41, 5.74) is 1.40. The molecule has 8 heteroatoms. The summed E-state index contributed by atoms with van der Waals surface area (Å²) in [5, 5.41) is 0.667. The van der Waals surface area contributed by atoms with Crippen molar-refractivity contribution in [2.24, 2.45) is 0 Å². The Hall–Kier alpha value is -3.46. The highest BCUT2D eigenvalue weighted by Crippen LogP contribution is 2.32. The summed E-state index contributed by atoms with van der Waals surface area (Å²) in [6, 6.07) is 22.6. The molecule has 180 valence electrons. The van der Waals surface area contributed by atoms with Crippen molar-refractivity contribution in [2.75, 3.05) is 51.4 Å². The quantitative estimate of drug-likeness (QED) is 0.344. The van der Waals surface area contributed by atoms with Gasteiger partial charge in [-0.3, -0.25) is 14.6 Å². The van der Waals surface area contributed by atoms with Crippen LogP contribution >= 0.6 is 11.3 Å². The van der Waals surface area contributed by atoms with E-state index in [-0.39, 0.29) is 5.91 Å². The van der Waals surface area contributed by atoms with Crippen LogP contribution in [0.1, 0.15) is 10.4 Å². The summed E-state index contributed by atoms with van der Waals surface area (Å²) >= 11 is 1.49. The maximum atomic E-state index is 13.8. The number of carbonyl (C=O) groups is 1. The van der Waals surface area contributed by atoms with Gasteiger partial charge in [0.25, 0.3) is 5.91 Å². The van der Waals surface area contributed by atoms with Crippen LogP contribution in [-0.2, 0) is 4.74 Å². The number of aromatic nitrogens is 1. The Morgan fingerprint density at radius 3 is 2.60 bits per heavy atom. The smallest absolute Gasteiger partial charge is 0.260 e. The van der Waals surface area contributed by atoms with E-state index in [0.717, 1.165) is 41.3 Å². The maximum Gasteiger partial charge on any atom is 0.260 e. The van der Waals surface area contributed by atoms with E-state index in [2.05, 4.69) is 4.90 Å². The Kier molecular flexibility index (Phi) is 7.23. The molecule has 5 rings (SSSR count). The van der Waals surface area contributed by atoms with Crippen molar-refractivity contribution in [3.05, 3.63) is 78.4 Å². The summed E-state index contributed by atoms with van der Waals surface area (Å²) < 4.78 is 17.8. The molecule has 1 aromatic heterocycles. The van der Waals surface area contributed by atoms with Crippen LogP contribution in [0.2, 0.25) is 0 Å². The first-order chi connectivity index (χ1) is 17.2. The monoisotopic (exact) mass is 489 g/mol. The predicted molar refractivity (Wildman–Crippen MR) is 138 cm³/mol. The Labute approximate surface area is 208 Å². The lowest BCUT2D eigenvalue weighted by molar-refractivity contribution is 0.0391. The molecule has 0 radical (unpaired) electrons. The van der Waals surface area contributed by atoms with Crippen molar-refractivity contribution >= 4 is 32.6 Å². The SMILES string of the molecule is COc1ccc2nc(N(CCN3CCOCC3)C(=O)c3cccc(Oc4ccccc4)c3)sc2c1. The summed E-state index contributed by atoms with van der Waals surface area (Å²) in [4.78, 5) is 22.7. The molecule has 1 aliphatic rings. The number of methoxy groups -OCH3 is 1. The van der Waals surface area contributed by atoms with Gasteiger partial charge in [0.2, 0.25) is 0 Å². The van der Waals surface area contributed by atoms with Crippen LogP contribution in [0, 0.1) is 0 Å². The summed E-state index contributed by atoms with van der Waals surface area (Å²) in [6.07, 6.45) is 0. The van der Waals surface area contributed by atoms with Gasteiger partial charge in [0.05, 0.1) is 30.5 Å². The van der Waals surface area contributed by atoms with Crippen molar-refractivity contribution in [3.8, 4) is 17.2 Å². The zero-order valence-corrected chi connectivity index (χ0v) is 20.4. The van der Waals surface area contributed by atoms with Crippen molar-refractivity contribution in [3.63, 3.8) is 0 Å². The van der Waals surface area contributed by atoms with E-state index in [1.165, 1.54) is 11.3 Å². The first-order valence-corrected chi connectivity index (χ1v) is 12.4. The van der Waals surface area contributed by atoms with Gasteiger partial charge in [-0.25, -0.2) is 4.98 Å². The minimum absolute atomic E-state index is 0.109. The fraction of sp³-hybridized carbons (Fsp3) is 0.259. The number of morpholine rings is 1. The average Bonchev–Trinajstić information content (AvgIpc) is 3.33. The van der Waals surface area contributed by atoms with Crippen LogP contribution in [0.4, 0.5) is 5.13 Å². The molecule has 7 nitrogen and oxygen atoms in total. The number of thiazole rings is 1. The summed E-state index contributed by atoms with van der Waals surface area (Å²) in [6.45, 7) is 4.43. The lowest BCUT2D eigenvalue weighted by atomic mass is 10.2. The molecule has 35 heavy (non-hydrogen) atoms. The Bertz CT molecular complexity index is 1290. The fourth-order valence-corrected chi connectivity index (χ4v) is 4.98. The molecule has 0 unspecified atom stereocenters. The number of fused-ring (bicyclic) bond motifs is 1. The summed E-state index contributed by atoms with van der Waals surface area (Å²) in [7, 11) is 1.64. The molecular weight excluding hydrogens is 462 g/mol. The first kappa shape index (κ1) is 23.3. The van der Waals surface area contributed by atoms with Crippen molar-refractivity contribution in [1.82, 2.24) is 9.88 Å². The zero-order chi connectivity index (χ0) is 24.0. The standard InChI is InChI=1S/C27H27N3O4S/c1-32-22-10-11-24-25(19-22)35-27(28-24)30(13-12-29-14-16-33-17-15-29)26(31)20-6-5-9-23(18-20)34-21-7-3-2-4-8-21/h2-11,18-19H,12-17H2,1H3. The second-order valence-electron chi connectivity index (χ2n) is 8.18. The highest BCUT2D eigenvalue weighted by Gasteiger charge is 2.23. The van der Waals surface area contributed by atoms with E-state index < -0.39 is 0 Å². The number of ether oxygens (including phenoxy) is 3. The van der Waals surface area contributed by atoms with Crippen LogP contribution in [0.15, 0.2) is 72.8 Å². The number of nitrogens with zero attached hydrogens (tertiary/aromatic N) is 3. The van der Waals surface area contributed by atoms with Crippen LogP contribution < -0.4 is 14.4 Å². The van der Waals surface area contributed by atoms with Crippen LogP contribution in [0.5, 0.6) is 17.2 Å². The van der Waals surface area contributed by atoms with Gasteiger partial charge in [-0.2, -0.15) is 0 Å².